The lowest BCUT2D eigenvalue weighted by Gasteiger charge is -2.13. The summed E-state index contributed by atoms with van der Waals surface area (Å²) in [5.41, 5.74) is 2.42. The van der Waals surface area contributed by atoms with Crippen molar-refractivity contribution in [2.75, 3.05) is 13.2 Å². The fraction of sp³-hybridized carbons (Fsp3) is 0.700. The Bertz CT molecular complexity index is 305. The van der Waals surface area contributed by atoms with Crippen LogP contribution in [0, 0.1) is 0 Å². The van der Waals surface area contributed by atoms with Crippen molar-refractivity contribution >= 4 is 0 Å². The molecular weight excluding hydrogens is 178 g/mol. The molecule has 0 aliphatic carbocycles. The van der Waals surface area contributed by atoms with E-state index in [1.54, 1.807) is 0 Å². The van der Waals surface area contributed by atoms with Crippen LogP contribution in [0.25, 0.3) is 0 Å². The van der Waals surface area contributed by atoms with Gasteiger partial charge in [-0.05, 0) is 18.9 Å². The Hall–Kier alpha value is -0.870. The van der Waals surface area contributed by atoms with Crippen molar-refractivity contribution < 1.29 is 4.74 Å². The van der Waals surface area contributed by atoms with E-state index >= 15 is 0 Å². The molecule has 3 rings (SSSR count). The topological polar surface area (TPSA) is 39.1 Å². The van der Waals surface area contributed by atoms with Gasteiger partial charge in [-0.25, -0.2) is 0 Å². The van der Waals surface area contributed by atoms with Crippen LogP contribution in [-0.2, 0) is 17.8 Å². The molecular formula is C10H15N3O. The van der Waals surface area contributed by atoms with E-state index in [1.165, 1.54) is 12.1 Å². The summed E-state index contributed by atoms with van der Waals surface area (Å²) < 4.78 is 7.73. The fourth-order valence-electron chi connectivity index (χ4n) is 2.18. The molecule has 1 N–H and O–H groups in total. The van der Waals surface area contributed by atoms with E-state index in [-0.39, 0.29) is 6.10 Å². The molecule has 1 aromatic heterocycles. The first-order chi connectivity index (χ1) is 6.93. The molecule has 76 valence electrons. The van der Waals surface area contributed by atoms with Gasteiger partial charge in [0.05, 0.1) is 17.9 Å². The van der Waals surface area contributed by atoms with E-state index in [1.807, 2.05) is 0 Å². The Labute approximate surface area is 83.2 Å². The number of hydrogen-bond donors (Lipinski definition) is 1. The number of nitrogens with one attached hydrogen (secondary N) is 1. The molecule has 4 nitrogen and oxygen atoms in total. The maximum atomic E-state index is 5.62. The summed E-state index contributed by atoms with van der Waals surface area (Å²) >= 11 is 0. The molecule has 0 radical (unpaired) electrons. The lowest BCUT2D eigenvalue weighted by Crippen LogP contribution is -2.28. The predicted octanol–water partition coefficient (Wildman–Crippen LogP) is 0.838. The largest absolute Gasteiger partial charge is 0.372 e. The van der Waals surface area contributed by atoms with Crippen molar-refractivity contribution in [1.29, 1.82) is 0 Å². The van der Waals surface area contributed by atoms with Crippen LogP contribution in [0.4, 0.5) is 0 Å². The third-order valence-corrected chi connectivity index (χ3v) is 2.95. The predicted molar refractivity (Wildman–Crippen MR) is 51.9 cm³/mol. The molecule has 0 spiro atoms. The smallest absolute Gasteiger partial charge is 0.101 e. The Morgan fingerprint density at radius 2 is 2.57 bits per heavy atom. The summed E-state index contributed by atoms with van der Waals surface area (Å²) in [6.45, 7) is 3.85. The molecule has 0 aromatic carbocycles. The van der Waals surface area contributed by atoms with E-state index in [0.717, 1.165) is 38.4 Å². The second-order valence-corrected chi connectivity index (χ2v) is 3.96. The highest BCUT2D eigenvalue weighted by molar-refractivity contribution is 5.14. The molecule has 4 heteroatoms. The fourth-order valence-corrected chi connectivity index (χ4v) is 2.18. The number of hydrogen-bond acceptors (Lipinski definition) is 3. The van der Waals surface area contributed by atoms with E-state index < -0.39 is 0 Å². The molecule has 0 saturated carbocycles. The van der Waals surface area contributed by atoms with Gasteiger partial charge in [0, 0.05) is 19.7 Å². The SMILES string of the molecule is c1c(C2CCCO2)nn2c1CNCC2. The van der Waals surface area contributed by atoms with Crippen LogP contribution in [-0.4, -0.2) is 22.9 Å². The minimum absolute atomic E-state index is 0.258. The number of ether oxygens (including phenoxy) is 1. The van der Waals surface area contributed by atoms with Crippen LogP contribution in [0.5, 0.6) is 0 Å². The Balaban J connectivity index is 1.87. The maximum absolute atomic E-state index is 5.62. The minimum atomic E-state index is 0.258. The number of rotatable bonds is 1. The summed E-state index contributed by atoms with van der Waals surface area (Å²) in [4.78, 5) is 0. The zero-order chi connectivity index (χ0) is 9.38. The van der Waals surface area contributed by atoms with Crippen LogP contribution >= 0.6 is 0 Å². The molecule has 14 heavy (non-hydrogen) atoms. The van der Waals surface area contributed by atoms with Gasteiger partial charge in [-0.1, -0.05) is 0 Å². The molecule has 1 aromatic rings. The van der Waals surface area contributed by atoms with E-state index in [9.17, 15) is 0 Å². The monoisotopic (exact) mass is 193 g/mol. The Morgan fingerprint density at radius 1 is 1.57 bits per heavy atom. The minimum Gasteiger partial charge on any atom is -0.372 e. The highest BCUT2D eigenvalue weighted by atomic mass is 16.5. The normalized spacial score (nSPS) is 26.4. The average molecular weight is 193 g/mol. The first-order valence-electron chi connectivity index (χ1n) is 5.32. The quantitative estimate of drug-likeness (QED) is 0.718. The van der Waals surface area contributed by atoms with Gasteiger partial charge in [0.2, 0.25) is 0 Å². The van der Waals surface area contributed by atoms with Gasteiger partial charge >= 0.3 is 0 Å². The third kappa shape index (κ3) is 1.35. The maximum Gasteiger partial charge on any atom is 0.101 e. The third-order valence-electron chi connectivity index (χ3n) is 2.95. The zero-order valence-electron chi connectivity index (χ0n) is 8.20. The van der Waals surface area contributed by atoms with Crippen molar-refractivity contribution in [1.82, 2.24) is 15.1 Å². The van der Waals surface area contributed by atoms with Crippen molar-refractivity contribution in [3.63, 3.8) is 0 Å². The molecule has 1 fully saturated rings. The summed E-state index contributed by atoms with van der Waals surface area (Å²) in [6, 6.07) is 2.18. The van der Waals surface area contributed by atoms with Crippen molar-refractivity contribution in [2.24, 2.45) is 0 Å². The van der Waals surface area contributed by atoms with Crippen molar-refractivity contribution in [3.8, 4) is 0 Å². The summed E-state index contributed by atoms with van der Waals surface area (Å²) in [7, 11) is 0. The van der Waals surface area contributed by atoms with E-state index in [2.05, 4.69) is 21.2 Å². The lowest BCUT2D eigenvalue weighted by molar-refractivity contribution is 0.108. The molecule has 3 heterocycles. The number of nitrogens with zero attached hydrogens (tertiary/aromatic N) is 2. The summed E-state index contributed by atoms with van der Waals surface area (Å²) in [5.74, 6) is 0. The molecule has 2 aliphatic rings. The van der Waals surface area contributed by atoms with Gasteiger partial charge in [-0.15, -0.1) is 0 Å². The van der Waals surface area contributed by atoms with E-state index in [0.29, 0.717) is 0 Å². The summed E-state index contributed by atoms with van der Waals surface area (Å²) in [5, 5.41) is 7.93. The Morgan fingerprint density at radius 3 is 3.36 bits per heavy atom. The van der Waals surface area contributed by atoms with E-state index in [4.69, 9.17) is 4.74 Å². The van der Waals surface area contributed by atoms with Gasteiger partial charge < -0.3 is 10.1 Å². The first kappa shape index (κ1) is 8.44. The number of aromatic nitrogens is 2. The highest BCUT2D eigenvalue weighted by Crippen LogP contribution is 2.28. The molecule has 1 atom stereocenters. The van der Waals surface area contributed by atoms with Crippen molar-refractivity contribution in [3.05, 3.63) is 17.5 Å². The van der Waals surface area contributed by atoms with Gasteiger partial charge in [0.15, 0.2) is 0 Å². The van der Waals surface area contributed by atoms with Crippen LogP contribution in [0.3, 0.4) is 0 Å². The molecule has 1 saturated heterocycles. The van der Waals surface area contributed by atoms with Crippen LogP contribution in [0.2, 0.25) is 0 Å². The Kier molecular flexibility index (Phi) is 2.03. The molecule has 2 aliphatic heterocycles. The lowest BCUT2D eigenvalue weighted by atomic mass is 10.2. The van der Waals surface area contributed by atoms with Crippen LogP contribution in [0.15, 0.2) is 6.07 Å². The first-order valence-corrected chi connectivity index (χ1v) is 5.32. The van der Waals surface area contributed by atoms with Gasteiger partial charge in [0.25, 0.3) is 0 Å². The standard InChI is InChI=1S/C10H15N3O/c1-2-10(14-5-1)9-6-8-7-11-3-4-13(8)12-9/h6,10-11H,1-5,7H2. The number of fused-ring (bicyclic) bond motifs is 1. The average Bonchev–Trinajstić information content (AvgIpc) is 2.86. The highest BCUT2D eigenvalue weighted by Gasteiger charge is 2.22. The summed E-state index contributed by atoms with van der Waals surface area (Å²) in [6.07, 6.45) is 2.56. The zero-order valence-corrected chi connectivity index (χ0v) is 8.20. The second-order valence-electron chi connectivity index (χ2n) is 3.96. The second kappa shape index (κ2) is 3.37. The molecule has 0 bridgehead atoms. The van der Waals surface area contributed by atoms with Crippen LogP contribution < -0.4 is 5.32 Å². The molecule has 1 unspecified atom stereocenters. The van der Waals surface area contributed by atoms with Gasteiger partial charge in [0.1, 0.15) is 6.10 Å². The van der Waals surface area contributed by atoms with Gasteiger partial charge in [-0.2, -0.15) is 5.10 Å². The van der Waals surface area contributed by atoms with Crippen molar-refractivity contribution in [2.45, 2.75) is 32.0 Å². The van der Waals surface area contributed by atoms with Gasteiger partial charge in [-0.3, -0.25) is 4.68 Å². The van der Waals surface area contributed by atoms with Crippen LogP contribution in [0.1, 0.15) is 30.3 Å². The molecule has 0 amide bonds.